The molecule has 0 saturated carbocycles. The lowest BCUT2D eigenvalue weighted by molar-refractivity contribution is 0.291. The van der Waals surface area contributed by atoms with Crippen LogP contribution in [0.4, 0.5) is 0 Å². The molecule has 0 saturated heterocycles. The van der Waals surface area contributed by atoms with E-state index < -0.39 is 0 Å². The van der Waals surface area contributed by atoms with Gasteiger partial charge in [0.25, 0.3) is 0 Å². The van der Waals surface area contributed by atoms with Gasteiger partial charge < -0.3 is 5.11 Å². The Morgan fingerprint density at radius 2 is 1.94 bits per heavy atom. The number of hydrogen-bond donors (Lipinski definition) is 1. The topological polar surface area (TPSA) is 36.4 Å². The van der Waals surface area contributed by atoms with Crippen molar-refractivity contribution in [3.63, 3.8) is 0 Å². The minimum Gasteiger partial charge on any atom is -0.505 e. The molecule has 0 bridgehead atoms. The highest BCUT2D eigenvalue weighted by Gasteiger charge is 2.09. The molecule has 0 unspecified atom stereocenters. The number of hydrogen-bond acceptors (Lipinski definition) is 3. The molecule has 3 nitrogen and oxygen atoms in total. The zero-order valence-electron chi connectivity index (χ0n) is 10.3. The fourth-order valence-electron chi connectivity index (χ4n) is 1.99. The van der Waals surface area contributed by atoms with Gasteiger partial charge in [0.15, 0.2) is 0 Å². The molecular formula is C14H18N2O. The normalized spacial score (nSPS) is 11.2. The quantitative estimate of drug-likeness (QED) is 0.877. The predicted molar refractivity (Wildman–Crippen MR) is 70.0 cm³/mol. The third kappa shape index (κ3) is 2.39. The van der Waals surface area contributed by atoms with E-state index in [1.807, 2.05) is 24.3 Å². The van der Waals surface area contributed by atoms with Gasteiger partial charge in [-0.2, -0.15) is 0 Å². The first kappa shape index (κ1) is 11.9. The summed E-state index contributed by atoms with van der Waals surface area (Å²) < 4.78 is 0. The average Bonchev–Trinajstić information content (AvgIpc) is 2.38. The van der Waals surface area contributed by atoms with Crippen LogP contribution in [0.1, 0.15) is 19.4 Å². The van der Waals surface area contributed by atoms with Crippen molar-refractivity contribution in [1.29, 1.82) is 0 Å². The first-order valence-corrected chi connectivity index (χ1v) is 6.04. The third-order valence-electron chi connectivity index (χ3n) is 3.12. The van der Waals surface area contributed by atoms with E-state index in [0.717, 1.165) is 30.6 Å². The molecule has 2 rings (SSSR count). The largest absolute Gasteiger partial charge is 0.505 e. The number of aromatic nitrogens is 1. The van der Waals surface area contributed by atoms with Crippen LogP contribution in [0.15, 0.2) is 30.5 Å². The molecule has 1 aromatic heterocycles. The number of phenols is 1. The van der Waals surface area contributed by atoms with Crippen molar-refractivity contribution in [2.75, 3.05) is 13.1 Å². The summed E-state index contributed by atoms with van der Waals surface area (Å²) in [4.78, 5) is 6.50. The number of nitrogens with zero attached hydrogens (tertiary/aromatic N) is 2. The third-order valence-corrected chi connectivity index (χ3v) is 3.12. The standard InChI is InChI=1S/C14H18N2O/c1-3-16(4-2)10-12-8-7-11-6-5-9-15-13(11)14(12)17/h5-9,17H,3-4,10H2,1-2H3. The van der Waals surface area contributed by atoms with Crippen LogP contribution in [0.25, 0.3) is 10.9 Å². The van der Waals surface area contributed by atoms with Gasteiger partial charge in [-0.25, -0.2) is 0 Å². The molecule has 1 aromatic carbocycles. The van der Waals surface area contributed by atoms with Gasteiger partial charge in [0.1, 0.15) is 11.3 Å². The van der Waals surface area contributed by atoms with Crippen LogP contribution < -0.4 is 0 Å². The van der Waals surface area contributed by atoms with Gasteiger partial charge in [0, 0.05) is 23.7 Å². The Hall–Kier alpha value is -1.61. The van der Waals surface area contributed by atoms with E-state index in [4.69, 9.17) is 0 Å². The van der Waals surface area contributed by atoms with E-state index in [0.29, 0.717) is 11.3 Å². The van der Waals surface area contributed by atoms with Gasteiger partial charge in [-0.15, -0.1) is 0 Å². The van der Waals surface area contributed by atoms with E-state index in [1.165, 1.54) is 0 Å². The second-order valence-electron chi connectivity index (χ2n) is 4.11. The van der Waals surface area contributed by atoms with Gasteiger partial charge >= 0.3 is 0 Å². The Morgan fingerprint density at radius 1 is 1.18 bits per heavy atom. The molecule has 3 heteroatoms. The second-order valence-corrected chi connectivity index (χ2v) is 4.11. The predicted octanol–water partition coefficient (Wildman–Crippen LogP) is 2.78. The van der Waals surface area contributed by atoms with Crippen molar-refractivity contribution < 1.29 is 5.11 Å². The molecule has 0 aliphatic heterocycles. The van der Waals surface area contributed by atoms with Crippen LogP contribution in [-0.4, -0.2) is 28.1 Å². The lowest BCUT2D eigenvalue weighted by Gasteiger charge is -2.19. The molecular weight excluding hydrogens is 212 g/mol. The maximum absolute atomic E-state index is 10.2. The number of phenolic OH excluding ortho intramolecular Hbond substituents is 1. The van der Waals surface area contributed by atoms with E-state index in [1.54, 1.807) is 6.20 Å². The maximum Gasteiger partial charge on any atom is 0.146 e. The van der Waals surface area contributed by atoms with Crippen LogP contribution in [0.3, 0.4) is 0 Å². The van der Waals surface area contributed by atoms with E-state index in [9.17, 15) is 5.11 Å². The summed E-state index contributed by atoms with van der Waals surface area (Å²) in [5.41, 5.74) is 1.64. The summed E-state index contributed by atoms with van der Waals surface area (Å²) in [5.74, 6) is 0.315. The lowest BCUT2D eigenvalue weighted by atomic mass is 10.1. The van der Waals surface area contributed by atoms with Crippen molar-refractivity contribution in [2.45, 2.75) is 20.4 Å². The molecule has 0 aliphatic carbocycles. The molecule has 2 aromatic rings. The summed E-state index contributed by atoms with van der Waals surface area (Å²) >= 11 is 0. The Balaban J connectivity index is 2.38. The average molecular weight is 230 g/mol. The Morgan fingerprint density at radius 3 is 2.65 bits per heavy atom. The molecule has 0 aliphatic rings. The summed E-state index contributed by atoms with van der Waals surface area (Å²) in [6.07, 6.45) is 1.71. The van der Waals surface area contributed by atoms with Gasteiger partial charge in [0.2, 0.25) is 0 Å². The Bertz CT molecular complexity index is 507. The van der Waals surface area contributed by atoms with Crippen LogP contribution in [-0.2, 0) is 6.54 Å². The van der Waals surface area contributed by atoms with Crippen LogP contribution >= 0.6 is 0 Å². The fraction of sp³-hybridized carbons (Fsp3) is 0.357. The fourth-order valence-corrected chi connectivity index (χ4v) is 1.99. The molecule has 0 amide bonds. The number of benzene rings is 1. The van der Waals surface area contributed by atoms with Crippen molar-refractivity contribution in [3.8, 4) is 5.75 Å². The Labute approximate surface area is 102 Å². The summed E-state index contributed by atoms with van der Waals surface area (Å²) in [7, 11) is 0. The van der Waals surface area contributed by atoms with Crippen molar-refractivity contribution in [2.24, 2.45) is 0 Å². The smallest absolute Gasteiger partial charge is 0.146 e. The number of rotatable bonds is 4. The minimum atomic E-state index is 0.315. The zero-order chi connectivity index (χ0) is 12.3. The molecule has 0 radical (unpaired) electrons. The van der Waals surface area contributed by atoms with Gasteiger partial charge in [-0.3, -0.25) is 9.88 Å². The van der Waals surface area contributed by atoms with E-state index >= 15 is 0 Å². The van der Waals surface area contributed by atoms with E-state index in [-0.39, 0.29) is 0 Å². The number of fused-ring (bicyclic) bond motifs is 1. The molecule has 1 N–H and O–H groups in total. The number of pyridine rings is 1. The molecule has 17 heavy (non-hydrogen) atoms. The minimum absolute atomic E-state index is 0.315. The second kappa shape index (κ2) is 5.15. The van der Waals surface area contributed by atoms with E-state index in [2.05, 4.69) is 23.7 Å². The Kier molecular flexibility index (Phi) is 3.59. The zero-order valence-corrected chi connectivity index (χ0v) is 10.3. The monoisotopic (exact) mass is 230 g/mol. The molecule has 1 heterocycles. The van der Waals surface area contributed by atoms with Crippen LogP contribution in [0.5, 0.6) is 5.75 Å². The molecule has 0 fully saturated rings. The van der Waals surface area contributed by atoms with Crippen LogP contribution in [0, 0.1) is 0 Å². The SMILES string of the molecule is CCN(CC)Cc1ccc2cccnc2c1O. The summed E-state index contributed by atoms with van der Waals surface area (Å²) in [6.45, 7) is 6.98. The highest BCUT2D eigenvalue weighted by Crippen LogP contribution is 2.27. The van der Waals surface area contributed by atoms with Crippen molar-refractivity contribution in [3.05, 3.63) is 36.0 Å². The van der Waals surface area contributed by atoms with Gasteiger partial charge in [-0.05, 0) is 19.2 Å². The highest BCUT2D eigenvalue weighted by molar-refractivity contribution is 5.85. The molecule has 0 atom stereocenters. The first-order chi connectivity index (χ1) is 8.26. The first-order valence-electron chi connectivity index (χ1n) is 6.04. The molecule has 90 valence electrons. The van der Waals surface area contributed by atoms with Gasteiger partial charge in [-0.1, -0.05) is 32.0 Å². The highest BCUT2D eigenvalue weighted by atomic mass is 16.3. The number of aromatic hydroxyl groups is 1. The maximum atomic E-state index is 10.2. The van der Waals surface area contributed by atoms with Crippen molar-refractivity contribution in [1.82, 2.24) is 9.88 Å². The van der Waals surface area contributed by atoms with Crippen LogP contribution in [0.2, 0.25) is 0 Å². The lowest BCUT2D eigenvalue weighted by Crippen LogP contribution is -2.22. The van der Waals surface area contributed by atoms with Gasteiger partial charge in [0.05, 0.1) is 0 Å². The summed E-state index contributed by atoms with van der Waals surface area (Å²) in [6, 6.07) is 7.84. The van der Waals surface area contributed by atoms with Crippen molar-refractivity contribution >= 4 is 10.9 Å². The summed E-state index contributed by atoms with van der Waals surface area (Å²) in [5, 5.41) is 11.2. The molecule has 0 spiro atoms.